The highest BCUT2D eigenvalue weighted by molar-refractivity contribution is 7.09. The SMILES string of the molecule is CN(CCc1cccs1)C(=O)c1cc[nH]c(=O)c1. The van der Waals surface area contributed by atoms with Gasteiger partial charge >= 0.3 is 0 Å². The van der Waals surface area contributed by atoms with Crippen molar-refractivity contribution in [2.75, 3.05) is 13.6 Å². The Balaban J connectivity index is 1.98. The normalized spacial score (nSPS) is 10.3. The summed E-state index contributed by atoms with van der Waals surface area (Å²) in [5.74, 6) is -0.127. The van der Waals surface area contributed by atoms with Crippen LogP contribution in [-0.2, 0) is 6.42 Å². The lowest BCUT2D eigenvalue weighted by atomic mass is 10.2. The van der Waals surface area contributed by atoms with Crippen molar-refractivity contribution in [1.29, 1.82) is 0 Å². The summed E-state index contributed by atoms with van der Waals surface area (Å²) in [7, 11) is 1.75. The summed E-state index contributed by atoms with van der Waals surface area (Å²) in [6, 6.07) is 6.99. The molecule has 2 heterocycles. The molecule has 94 valence electrons. The fourth-order valence-corrected chi connectivity index (χ4v) is 2.33. The number of pyridine rings is 1. The zero-order chi connectivity index (χ0) is 13.0. The lowest BCUT2D eigenvalue weighted by Gasteiger charge is -2.16. The molecule has 1 N–H and O–H groups in total. The highest BCUT2D eigenvalue weighted by atomic mass is 32.1. The molecule has 5 heteroatoms. The van der Waals surface area contributed by atoms with Crippen LogP contribution in [0.25, 0.3) is 0 Å². The number of H-pyrrole nitrogens is 1. The maximum absolute atomic E-state index is 12.0. The summed E-state index contributed by atoms with van der Waals surface area (Å²) in [6.45, 7) is 0.645. The Bertz CT molecular complexity index is 575. The van der Waals surface area contributed by atoms with Gasteiger partial charge in [0.25, 0.3) is 5.91 Å². The fourth-order valence-electron chi connectivity index (χ4n) is 1.63. The van der Waals surface area contributed by atoms with Crippen LogP contribution in [0.2, 0.25) is 0 Å². The van der Waals surface area contributed by atoms with E-state index in [4.69, 9.17) is 0 Å². The number of hydrogen-bond acceptors (Lipinski definition) is 3. The van der Waals surface area contributed by atoms with Crippen molar-refractivity contribution in [2.45, 2.75) is 6.42 Å². The van der Waals surface area contributed by atoms with E-state index in [2.05, 4.69) is 11.1 Å². The van der Waals surface area contributed by atoms with Crippen LogP contribution < -0.4 is 5.56 Å². The maximum atomic E-state index is 12.0. The molecule has 2 aromatic rings. The molecule has 4 nitrogen and oxygen atoms in total. The van der Waals surface area contributed by atoms with Gasteiger partial charge in [-0.2, -0.15) is 0 Å². The van der Waals surface area contributed by atoms with Crippen molar-refractivity contribution in [1.82, 2.24) is 9.88 Å². The number of nitrogens with one attached hydrogen (secondary N) is 1. The van der Waals surface area contributed by atoms with Gasteiger partial charge < -0.3 is 9.88 Å². The third-order valence-electron chi connectivity index (χ3n) is 2.64. The van der Waals surface area contributed by atoms with Crippen molar-refractivity contribution in [2.24, 2.45) is 0 Å². The molecular weight excluding hydrogens is 248 g/mol. The van der Waals surface area contributed by atoms with Gasteiger partial charge in [-0.1, -0.05) is 6.07 Å². The van der Waals surface area contributed by atoms with Crippen LogP contribution in [0.4, 0.5) is 0 Å². The minimum Gasteiger partial charge on any atom is -0.341 e. The minimum atomic E-state index is -0.257. The molecule has 1 amide bonds. The van der Waals surface area contributed by atoms with Gasteiger partial charge in [0.15, 0.2) is 0 Å². The molecule has 0 unspecified atom stereocenters. The van der Waals surface area contributed by atoms with Gasteiger partial charge in [-0.25, -0.2) is 0 Å². The lowest BCUT2D eigenvalue weighted by Crippen LogP contribution is -2.29. The van der Waals surface area contributed by atoms with Gasteiger partial charge in [0.2, 0.25) is 5.56 Å². The Morgan fingerprint density at radius 3 is 2.94 bits per heavy atom. The van der Waals surface area contributed by atoms with Gasteiger partial charge in [-0.3, -0.25) is 9.59 Å². The largest absolute Gasteiger partial charge is 0.341 e. The zero-order valence-electron chi connectivity index (χ0n) is 10.1. The third-order valence-corrected chi connectivity index (χ3v) is 3.58. The average Bonchev–Trinajstić information content (AvgIpc) is 2.88. The second kappa shape index (κ2) is 5.64. The number of aromatic amines is 1. The van der Waals surface area contributed by atoms with Crippen molar-refractivity contribution >= 4 is 17.2 Å². The van der Waals surface area contributed by atoms with E-state index in [1.165, 1.54) is 17.1 Å². The van der Waals surface area contributed by atoms with Crippen LogP contribution in [0.1, 0.15) is 15.2 Å². The Kier molecular flexibility index (Phi) is 3.94. The number of thiophene rings is 1. The first-order valence-corrected chi connectivity index (χ1v) is 6.51. The second-order valence-corrected chi connectivity index (χ2v) is 5.03. The van der Waals surface area contributed by atoms with Crippen LogP contribution in [0.3, 0.4) is 0 Å². The Hall–Kier alpha value is -1.88. The van der Waals surface area contributed by atoms with Gasteiger partial charge in [0.1, 0.15) is 0 Å². The number of amides is 1. The monoisotopic (exact) mass is 262 g/mol. The van der Waals surface area contributed by atoms with E-state index < -0.39 is 0 Å². The van der Waals surface area contributed by atoms with Crippen LogP contribution in [-0.4, -0.2) is 29.4 Å². The summed E-state index contributed by atoms with van der Waals surface area (Å²) in [6.07, 6.45) is 2.33. The molecule has 0 saturated carbocycles. The highest BCUT2D eigenvalue weighted by Crippen LogP contribution is 2.10. The van der Waals surface area contributed by atoms with Crippen LogP contribution in [0.5, 0.6) is 0 Å². The molecule has 0 atom stereocenters. The molecule has 0 aromatic carbocycles. The number of aromatic nitrogens is 1. The molecule has 0 aliphatic carbocycles. The van der Waals surface area contributed by atoms with Crippen LogP contribution in [0.15, 0.2) is 40.6 Å². The second-order valence-electron chi connectivity index (χ2n) is 4.00. The molecule has 0 fully saturated rings. The summed E-state index contributed by atoms with van der Waals surface area (Å²) < 4.78 is 0. The quantitative estimate of drug-likeness (QED) is 0.912. The Morgan fingerprint density at radius 1 is 1.44 bits per heavy atom. The minimum absolute atomic E-state index is 0.127. The number of hydrogen-bond donors (Lipinski definition) is 1. The van der Waals surface area contributed by atoms with E-state index in [0.717, 1.165) is 6.42 Å². The van der Waals surface area contributed by atoms with Crippen molar-refractivity contribution in [3.8, 4) is 0 Å². The average molecular weight is 262 g/mol. The number of carbonyl (C=O) groups is 1. The lowest BCUT2D eigenvalue weighted by molar-refractivity contribution is 0.0796. The van der Waals surface area contributed by atoms with Crippen molar-refractivity contribution < 1.29 is 4.79 Å². The van der Waals surface area contributed by atoms with E-state index in [1.807, 2.05) is 11.4 Å². The topological polar surface area (TPSA) is 53.2 Å². The van der Waals surface area contributed by atoms with E-state index in [9.17, 15) is 9.59 Å². The number of rotatable bonds is 4. The number of likely N-dealkylation sites (N-methyl/N-ethyl adjacent to an activating group) is 1. The predicted molar refractivity (Wildman–Crippen MR) is 72.0 cm³/mol. The van der Waals surface area contributed by atoms with Gasteiger partial charge in [0.05, 0.1) is 0 Å². The summed E-state index contributed by atoms with van der Waals surface area (Å²) in [4.78, 5) is 28.5. The summed E-state index contributed by atoms with van der Waals surface area (Å²) >= 11 is 1.68. The van der Waals surface area contributed by atoms with Crippen molar-refractivity contribution in [3.63, 3.8) is 0 Å². The smallest absolute Gasteiger partial charge is 0.253 e. The Labute approximate surface area is 109 Å². The molecule has 2 aromatic heterocycles. The van der Waals surface area contributed by atoms with Crippen molar-refractivity contribution in [3.05, 3.63) is 56.6 Å². The molecule has 2 rings (SSSR count). The number of carbonyl (C=O) groups excluding carboxylic acids is 1. The first-order chi connectivity index (χ1) is 8.66. The van der Waals surface area contributed by atoms with Crippen LogP contribution >= 0.6 is 11.3 Å². The van der Waals surface area contributed by atoms with E-state index in [-0.39, 0.29) is 11.5 Å². The number of nitrogens with zero attached hydrogens (tertiary/aromatic N) is 1. The molecule has 0 aliphatic heterocycles. The van der Waals surface area contributed by atoms with Gasteiger partial charge in [-0.05, 0) is 23.9 Å². The standard InChI is InChI=1S/C13H14N2O2S/c1-15(7-5-11-3-2-8-18-11)13(17)10-4-6-14-12(16)9-10/h2-4,6,8-9H,5,7H2,1H3,(H,14,16). The molecule has 0 saturated heterocycles. The summed E-state index contributed by atoms with van der Waals surface area (Å²) in [5.41, 5.74) is 0.167. The van der Waals surface area contributed by atoms with E-state index in [0.29, 0.717) is 12.1 Å². The fraction of sp³-hybridized carbons (Fsp3) is 0.231. The first-order valence-electron chi connectivity index (χ1n) is 5.63. The molecular formula is C13H14N2O2S. The molecule has 0 radical (unpaired) electrons. The first kappa shape index (κ1) is 12.6. The molecule has 18 heavy (non-hydrogen) atoms. The molecule has 0 spiro atoms. The van der Waals surface area contributed by atoms with E-state index in [1.54, 1.807) is 29.4 Å². The van der Waals surface area contributed by atoms with E-state index >= 15 is 0 Å². The van der Waals surface area contributed by atoms with Crippen LogP contribution in [0, 0.1) is 0 Å². The Morgan fingerprint density at radius 2 is 2.28 bits per heavy atom. The molecule has 0 bridgehead atoms. The third kappa shape index (κ3) is 3.07. The molecule has 0 aliphatic rings. The van der Waals surface area contributed by atoms with Gasteiger partial charge in [-0.15, -0.1) is 11.3 Å². The van der Waals surface area contributed by atoms with Gasteiger partial charge in [0, 0.05) is 36.3 Å². The summed E-state index contributed by atoms with van der Waals surface area (Å²) in [5, 5.41) is 2.02. The highest BCUT2D eigenvalue weighted by Gasteiger charge is 2.11. The predicted octanol–water partition coefficient (Wildman–Crippen LogP) is 1.75. The zero-order valence-corrected chi connectivity index (χ0v) is 10.9. The maximum Gasteiger partial charge on any atom is 0.253 e.